The van der Waals surface area contributed by atoms with Crippen LogP contribution in [0.15, 0.2) is 42.5 Å². The predicted molar refractivity (Wildman–Crippen MR) is 75.3 cm³/mol. The van der Waals surface area contributed by atoms with Gasteiger partial charge < -0.3 is 11.1 Å². The number of carbonyl (C=O) groups excluding carboxylic acids is 1. The number of halogens is 2. The summed E-state index contributed by atoms with van der Waals surface area (Å²) in [5.41, 5.74) is 7.00. The van der Waals surface area contributed by atoms with Crippen LogP contribution >= 0.6 is 23.2 Å². The number of nitrogen functional groups attached to an aromatic ring is 1. The van der Waals surface area contributed by atoms with E-state index < -0.39 is 0 Å². The number of anilines is 2. The third-order valence-corrected chi connectivity index (χ3v) is 3.00. The van der Waals surface area contributed by atoms with E-state index in [1.54, 1.807) is 42.5 Å². The van der Waals surface area contributed by atoms with Crippen LogP contribution in [0.1, 0.15) is 10.4 Å². The molecule has 18 heavy (non-hydrogen) atoms. The first kappa shape index (κ1) is 12.7. The van der Waals surface area contributed by atoms with Crippen molar-refractivity contribution >= 4 is 40.5 Å². The van der Waals surface area contributed by atoms with Crippen LogP contribution in [0.4, 0.5) is 11.4 Å². The maximum Gasteiger partial charge on any atom is 0.257 e. The Morgan fingerprint density at radius 1 is 1.06 bits per heavy atom. The molecular weight excluding hydrogens is 271 g/mol. The highest BCUT2D eigenvalue weighted by Gasteiger charge is 2.11. The van der Waals surface area contributed by atoms with Gasteiger partial charge in [0.2, 0.25) is 0 Å². The topological polar surface area (TPSA) is 55.1 Å². The zero-order valence-corrected chi connectivity index (χ0v) is 10.8. The quantitative estimate of drug-likeness (QED) is 0.822. The Kier molecular flexibility index (Phi) is 3.75. The molecule has 0 aromatic heterocycles. The second-order valence-corrected chi connectivity index (χ2v) is 4.49. The third kappa shape index (κ3) is 2.75. The van der Waals surface area contributed by atoms with Gasteiger partial charge in [-0.15, -0.1) is 0 Å². The summed E-state index contributed by atoms with van der Waals surface area (Å²) in [6.07, 6.45) is 0. The van der Waals surface area contributed by atoms with E-state index >= 15 is 0 Å². The van der Waals surface area contributed by atoms with E-state index in [2.05, 4.69) is 5.32 Å². The molecule has 3 N–H and O–H groups in total. The summed E-state index contributed by atoms with van der Waals surface area (Å²) in [7, 11) is 0. The first-order chi connectivity index (χ1) is 8.58. The van der Waals surface area contributed by atoms with Crippen molar-refractivity contribution in [3.63, 3.8) is 0 Å². The van der Waals surface area contributed by atoms with Crippen LogP contribution in [-0.4, -0.2) is 5.91 Å². The molecule has 2 aromatic rings. The summed E-state index contributed by atoms with van der Waals surface area (Å²) in [6, 6.07) is 11.7. The molecule has 0 aliphatic rings. The highest BCUT2D eigenvalue weighted by molar-refractivity contribution is 6.36. The van der Waals surface area contributed by atoms with Crippen LogP contribution in [0.25, 0.3) is 0 Å². The molecule has 0 radical (unpaired) electrons. The second kappa shape index (κ2) is 5.29. The summed E-state index contributed by atoms with van der Waals surface area (Å²) in [5.74, 6) is -0.313. The normalized spacial score (nSPS) is 10.1. The van der Waals surface area contributed by atoms with Crippen molar-refractivity contribution in [3.05, 3.63) is 58.1 Å². The minimum absolute atomic E-state index is 0.313. The van der Waals surface area contributed by atoms with Crippen LogP contribution in [0, 0.1) is 0 Å². The van der Waals surface area contributed by atoms with Crippen molar-refractivity contribution in [2.75, 3.05) is 11.1 Å². The molecule has 0 heterocycles. The Hall–Kier alpha value is -1.71. The van der Waals surface area contributed by atoms with Gasteiger partial charge in [0.25, 0.3) is 5.91 Å². The molecule has 0 aliphatic heterocycles. The molecular formula is C13H10Cl2N2O. The van der Waals surface area contributed by atoms with E-state index in [1.807, 2.05) is 0 Å². The number of hydrogen-bond acceptors (Lipinski definition) is 2. The van der Waals surface area contributed by atoms with Gasteiger partial charge in [-0.1, -0.05) is 35.3 Å². The molecule has 2 rings (SSSR count). The van der Waals surface area contributed by atoms with Crippen molar-refractivity contribution in [3.8, 4) is 0 Å². The smallest absolute Gasteiger partial charge is 0.257 e. The zero-order valence-electron chi connectivity index (χ0n) is 9.28. The highest BCUT2D eigenvalue weighted by Crippen LogP contribution is 2.25. The van der Waals surface area contributed by atoms with Gasteiger partial charge in [-0.2, -0.15) is 0 Å². The molecule has 0 unspecified atom stereocenters. The average Bonchev–Trinajstić information content (AvgIpc) is 2.33. The minimum atomic E-state index is -0.313. The average molecular weight is 281 g/mol. The lowest BCUT2D eigenvalue weighted by Gasteiger charge is -2.08. The molecule has 3 nitrogen and oxygen atoms in total. The summed E-state index contributed by atoms with van der Waals surface area (Å²) in [4.78, 5) is 12.0. The fourth-order valence-corrected chi connectivity index (χ4v) is 1.93. The number of nitrogens with two attached hydrogens (primary N) is 1. The SMILES string of the molecule is Nc1ccc(NC(=O)c2ccccc2Cl)c(Cl)c1. The molecule has 1 amide bonds. The number of nitrogens with one attached hydrogen (secondary N) is 1. The molecule has 0 bridgehead atoms. The van der Waals surface area contributed by atoms with E-state index in [4.69, 9.17) is 28.9 Å². The molecule has 0 saturated heterocycles. The third-order valence-electron chi connectivity index (χ3n) is 2.36. The lowest BCUT2D eigenvalue weighted by atomic mass is 10.2. The van der Waals surface area contributed by atoms with E-state index in [0.717, 1.165) is 0 Å². The Bertz CT molecular complexity index is 599. The summed E-state index contributed by atoms with van der Waals surface area (Å²) >= 11 is 11.9. The molecule has 0 aliphatic carbocycles. The molecule has 0 spiro atoms. The highest BCUT2D eigenvalue weighted by atomic mass is 35.5. The van der Waals surface area contributed by atoms with Gasteiger partial charge in [0, 0.05) is 5.69 Å². The number of amides is 1. The van der Waals surface area contributed by atoms with Crippen LogP contribution < -0.4 is 11.1 Å². The molecule has 0 fully saturated rings. The number of carbonyl (C=O) groups is 1. The monoisotopic (exact) mass is 280 g/mol. The fraction of sp³-hybridized carbons (Fsp3) is 0. The van der Waals surface area contributed by atoms with Crippen molar-refractivity contribution in [2.24, 2.45) is 0 Å². The first-order valence-corrected chi connectivity index (χ1v) is 5.94. The first-order valence-electron chi connectivity index (χ1n) is 5.19. The van der Waals surface area contributed by atoms with Crippen LogP contribution in [0.3, 0.4) is 0 Å². The maximum atomic E-state index is 12.0. The Labute approximate surface area is 115 Å². The molecule has 5 heteroatoms. The number of benzene rings is 2. The Morgan fingerprint density at radius 3 is 2.44 bits per heavy atom. The molecule has 92 valence electrons. The van der Waals surface area contributed by atoms with Crippen molar-refractivity contribution in [1.29, 1.82) is 0 Å². The lowest BCUT2D eigenvalue weighted by molar-refractivity contribution is 0.102. The van der Waals surface area contributed by atoms with Gasteiger partial charge in [-0.25, -0.2) is 0 Å². The second-order valence-electron chi connectivity index (χ2n) is 3.67. The summed E-state index contributed by atoms with van der Waals surface area (Å²) < 4.78 is 0. The van der Waals surface area contributed by atoms with Gasteiger partial charge in [-0.05, 0) is 30.3 Å². The largest absolute Gasteiger partial charge is 0.399 e. The fourth-order valence-electron chi connectivity index (χ4n) is 1.47. The van der Waals surface area contributed by atoms with Crippen LogP contribution in [-0.2, 0) is 0 Å². The molecule has 0 atom stereocenters. The van der Waals surface area contributed by atoms with E-state index in [9.17, 15) is 4.79 Å². The predicted octanol–water partition coefficient (Wildman–Crippen LogP) is 3.83. The van der Waals surface area contributed by atoms with Gasteiger partial charge in [0.15, 0.2) is 0 Å². The van der Waals surface area contributed by atoms with Crippen LogP contribution in [0.5, 0.6) is 0 Å². The van der Waals surface area contributed by atoms with Gasteiger partial charge in [0.05, 0.1) is 21.3 Å². The Balaban J connectivity index is 2.24. The van der Waals surface area contributed by atoms with Crippen molar-refractivity contribution in [2.45, 2.75) is 0 Å². The van der Waals surface area contributed by atoms with E-state index in [1.165, 1.54) is 0 Å². The van der Waals surface area contributed by atoms with Gasteiger partial charge in [0.1, 0.15) is 0 Å². The number of rotatable bonds is 2. The van der Waals surface area contributed by atoms with E-state index in [0.29, 0.717) is 27.0 Å². The van der Waals surface area contributed by atoms with Gasteiger partial charge in [-0.3, -0.25) is 4.79 Å². The number of hydrogen-bond donors (Lipinski definition) is 2. The van der Waals surface area contributed by atoms with E-state index in [-0.39, 0.29) is 5.91 Å². The molecule has 2 aromatic carbocycles. The van der Waals surface area contributed by atoms with Gasteiger partial charge >= 0.3 is 0 Å². The summed E-state index contributed by atoms with van der Waals surface area (Å²) in [6.45, 7) is 0. The standard InChI is InChI=1S/C13H10Cl2N2O/c14-10-4-2-1-3-9(10)13(18)17-12-6-5-8(16)7-11(12)15/h1-7H,16H2,(H,17,18). The van der Waals surface area contributed by atoms with Crippen molar-refractivity contribution < 1.29 is 4.79 Å². The lowest BCUT2D eigenvalue weighted by Crippen LogP contribution is -2.12. The van der Waals surface area contributed by atoms with Crippen LogP contribution in [0.2, 0.25) is 10.0 Å². The summed E-state index contributed by atoms with van der Waals surface area (Å²) in [5, 5.41) is 3.46. The van der Waals surface area contributed by atoms with Crippen molar-refractivity contribution in [1.82, 2.24) is 0 Å². The maximum absolute atomic E-state index is 12.0. The zero-order chi connectivity index (χ0) is 13.1. The Morgan fingerprint density at radius 2 is 1.78 bits per heavy atom. The molecule has 0 saturated carbocycles. The minimum Gasteiger partial charge on any atom is -0.399 e.